The fourth-order valence-electron chi connectivity index (χ4n) is 0.126. The van der Waals surface area contributed by atoms with E-state index in [0.717, 1.165) is 5.75 Å². The molecule has 0 saturated heterocycles. The van der Waals surface area contributed by atoms with Crippen molar-refractivity contribution in [1.82, 2.24) is 0 Å². The maximum atomic E-state index is 5.19. The predicted molar refractivity (Wildman–Crippen MR) is 79.6 cm³/mol. The average molecular weight is 319 g/mol. The lowest BCUT2D eigenvalue weighted by molar-refractivity contribution is 1.54. The molecule has 0 heterocycles. The highest BCUT2D eigenvalue weighted by atomic mass is 34.0. The van der Waals surface area contributed by atoms with Crippen molar-refractivity contribution in [2.75, 3.05) is 5.75 Å². The van der Waals surface area contributed by atoms with Gasteiger partial charge < -0.3 is 0 Å². The third-order valence-electron chi connectivity index (χ3n) is 0.571. The maximum absolute atomic E-state index is 5.19. The zero-order valence-electron chi connectivity index (χ0n) is 5.42. The van der Waals surface area contributed by atoms with Gasteiger partial charge in [-0.2, -0.15) is 0 Å². The normalized spacial score (nSPS) is 11.8. The van der Waals surface area contributed by atoms with E-state index in [1.54, 1.807) is 39.3 Å². The van der Waals surface area contributed by atoms with Crippen LogP contribution in [0, 0.1) is 0 Å². The van der Waals surface area contributed by atoms with Crippen molar-refractivity contribution < 1.29 is 0 Å². The minimum absolute atomic E-state index is 0.925. The Morgan fingerprint density at radius 1 is 1.27 bits per heavy atom. The first-order chi connectivity index (χ1) is 5.12. The molecule has 0 radical (unpaired) electrons. The second-order valence-electron chi connectivity index (χ2n) is 1.19. The standard InChI is InChI=1S/C2H6S9/c1-2-11(4,5)10-9-8-7-6-3/h3H,2H2,1H3. The molecule has 0 aliphatic rings. The van der Waals surface area contributed by atoms with Gasteiger partial charge in [-0.15, -0.1) is 0 Å². The highest BCUT2D eigenvalue weighted by molar-refractivity contribution is 9.46. The van der Waals surface area contributed by atoms with Gasteiger partial charge in [-0.1, -0.05) is 18.6 Å². The lowest BCUT2D eigenvalue weighted by Gasteiger charge is -2.02. The summed E-state index contributed by atoms with van der Waals surface area (Å²) in [7, 11) is 8.03. The summed E-state index contributed by atoms with van der Waals surface area (Å²) in [5, 5.41) is 0. The average Bonchev–Trinajstić information content (AvgIpc) is 1.99. The highest BCUT2D eigenvalue weighted by Crippen LogP contribution is 2.51. The van der Waals surface area contributed by atoms with Gasteiger partial charge >= 0.3 is 0 Å². The van der Waals surface area contributed by atoms with Crippen LogP contribution in [0.2, 0.25) is 0 Å². The number of thiol groups is 1. The number of hydrogen-bond acceptors (Lipinski definition) is 8. The van der Waals surface area contributed by atoms with E-state index in [0.29, 0.717) is 0 Å². The van der Waals surface area contributed by atoms with Gasteiger partial charge in [-0.05, 0) is 77.7 Å². The second-order valence-corrected chi connectivity index (χ2v) is 18.9. The summed E-state index contributed by atoms with van der Waals surface area (Å²) in [6.45, 7) is 2.05. The molecule has 0 aromatic heterocycles. The van der Waals surface area contributed by atoms with Crippen LogP contribution in [0.1, 0.15) is 6.92 Å². The van der Waals surface area contributed by atoms with Gasteiger partial charge in [-0.25, -0.2) is 0 Å². The van der Waals surface area contributed by atoms with E-state index >= 15 is 0 Å². The molecule has 0 aromatic carbocycles. The molecule has 0 unspecified atom stereocenters. The molecule has 68 valence electrons. The van der Waals surface area contributed by atoms with Gasteiger partial charge in [0.05, 0.1) is 0 Å². The number of rotatable bonds is 6. The number of hydrogen-bond donors (Lipinski definition) is 1. The van der Waals surface area contributed by atoms with Crippen LogP contribution in [-0.2, 0) is 28.6 Å². The van der Waals surface area contributed by atoms with Crippen LogP contribution in [0.5, 0.6) is 0 Å². The van der Waals surface area contributed by atoms with Crippen molar-refractivity contribution in [3.8, 4) is 0 Å². The van der Waals surface area contributed by atoms with Gasteiger partial charge in [0.25, 0.3) is 0 Å². The van der Waals surface area contributed by atoms with E-state index in [1.807, 2.05) is 6.92 Å². The van der Waals surface area contributed by atoms with Gasteiger partial charge in [0, 0.05) is 5.75 Å². The summed E-state index contributed by atoms with van der Waals surface area (Å²) in [6.07, 6.45) is -1.22. The second kappa shape index (κ2) is 8.22. The SMILES string of the molecule is CCS(=S)(=S)SSSSSS. The van der Waals surface area contributed by atoms with Crippen molar-refractivity contribution in [1.29, 1.82) is 0 Å². The Morgan fingerprint density at radius 3 is 2.36 bits per heavy atom. The van der Waals surface area contributed by atoms with Crippen molar-refractivity contribution in [2.45, 2.75) is 6.92 Å². The maximum Gasteiger partial charge on any atom is 0.00918 e. The molecule has 0 spiro atoms. The smallest absolute Gasteiger partial charge is 0.00918 e. The Bertz CT molecular complexity index is 166. The molecular formula is C2H6S9. The molecule has 0 saturated carbocycles. The molecule has 11 heavy (non-hydrogen) atoms. The lowest BCUT2D eigenvalue weighted by Crippen LogP contribution is -1.88. The van der Waals surface area contributed by atoms with Gasteiger partial charge in [0.1, 0.15) is 0 Å². The van der Waals surface area contributed by atoms with Crippen LogP contribution >= 0.6 is 60.8 Å². The Labute approximate surface area is 101 Å². The summed E-state index contributed by atoms with van der Waals surface area (Å²) in [4.78, 5) is 0. The third-order valence-corrected chi connectivity index (χ3v) is 18.2. The largest absolute Gasteiger partial charge is 0.0988 e. The fourth-order valence-corrected chi connectivity index (χ4v) is 16.9. The highest BCUT2D eigenvalue weighted by Gasteiger charge is 2.00. The van der Waals surface area contributed by atoms with Gasteiger partial charge in [0.15, 0.2) is 0 Å². The van der Waals surface area contributed by atoms with E-state index in [2.05, 4.69) is 11.7 Å². The third kappa shape index (κ3) is 9.20. The molecule has 0 amide bonds. The van der Waals surface area contributed by atoms with E-state index in [-0.39, 0.29) is 0 Å². The first-order valence-electron chi connectivity index (χ1n) is 2.35. The summed E-state index contributed by atoms with van der Waals surface area (Å²) in [6, 6.07) is 0. The predicted octanol–water partition coefficient (Wildman–Crippen LogP) is 4.17. The summed E-state index contributed by atoms with van der Waals surface area (Å²) < 4.78 is 0. The Morgan fingerprint density at radius 2 is 1.91 bits per heavy atom. The van der Waals surface area contributed by atoms with Gasteiger partial charge in [-0.3, -0.25) is 0 Å². The molecular weight excluding hydrogens is 313 g/mol. The Kier molecular flexibility index (Phi) is 10.4. The lowest BCUT2D eigenvalue weighted by atomic mass is 11.0. The van der Waals surface area contributed by atoms with Crippen molar-refractivity contribution in [3.05, 3.63) is 0 Å². The molecule has 0 atom stereocenters. The molecule has 0 N–H and O–H groups in total. The minimum Gasteiger partial charge on any atom is -0.0988 e. The fraction of sp³-hybridized carbons (Fsp3) is 1.00. The molecule has 0 nitrogen and oxygen atoms in total. The Balaban J connectivity index is 3.39. The zero-order chi connectivity index (χ0) is 8.74. The quantitative estimate of drug-likeness (QED) is 0.438. The first kappa shape index (κ1) is 13.9. The summed E-state index contributed by atoms with van der Waals surface area (Å²) in [5.41, 5.74) is 0. The van der Waals surface area contributed by atoms with Crippen LogP contribution in [-0.4, -0.2) is 5.75 Å². The Hall–Kier alpha value is 2.89. The molecule has 0 bridgehead atoms. The van der Waals surface area contributed by atoms with E-state index in [9.17, 15) is 0 Å². The topological polar surface area (TPSA) is 0 Å². The van der Waals surface area contributed by atoms with E-state index in [1.165, 1.54) is 9.83 Å². The van der Waals surface area contributed by atoms with Crippen LogP contribution in [0.15, 0.2) is 0 Å². The van der Waals surface area contributed by atoms with Crippen molar-refractivity contribution in [2.24, 2.45) is 0 Å². The first-order valence-corrected chi connectivity index (χ1v) is 13.7. The molecule has 9 heteroatoms. The van der Waals surface area contributed by atoms with E-state index < -0.39 is 6.18 Å². The minimum atomic E-state index is -1.22. The van der Waals surface area contributed by atoms with Gasteiger partial charge in [0.2, 0.25) is 0 Å². The molecule has 0 aromatic rings. The van der Waals surface area contributed by atoms with Crippen LogP contribution in [0.25, 0.3) is 0 Å². The summed E-state index contributed by atoms with van der Waals surface area (Å²) >= 11 is 14.4. The molecule has 0 fully saturated rings. The molecule has 0 aliphatic carbocycles. The zero-order valence-corrected chi connectivity index (χ0v) is 12.8. The van der Waals surface area contributed by atoms with Crippen molar-refractivity contribution >= 4 is 89.3 Å². The molecule has 0 aliphatic heterocycles. The molecule has 0 rings (SSSR count). The van der Waals surface area contributed by atoms with E-state index in [4.69, 9.17) is 22.4 Å². The van der Waals surface area contributed by atoms with Crippen LogP contribution < -0.4 is 0 Å². The van der Waals surface area contributed by atoms with Crippen molar-refractivity contribution in [3.63, 3.8) is 0 Å². The van der Waals surface area contributed by atoms with Crippen LogP contribution in [0.4, 0.5) is 0 Å². The summed E-state index contributed by atoms with van der Waals surface area (Å²) in [5.74, 6) is 0.925. The monoisotopic (exact) mass is 318 g/mol. The van der Waals surface area contributed by atoms with Crippen LogP contribution in [0.3, 0.4) is 0 Å².